The van der Waals surface area contributed by atoms with Crippen LogP contribution in [0.5, 0.6) is 23.0 Å². The number of para-hydroxylation sites is 1. The van der Waals surface area contributed by atoms with Gasteiger partial charge in [-0.15, -0.1) is 0 Å². The van der Waals surface area contributed by atoms with Gasteiger partial charge in [-0.25, -0.2) is 4.79 Å². The molecule has 2 amide bonds. The molecular weight excluding hydrogens is 464 g/mol. The van der Waals surface area contributed by atoms with Crippen molar-refractivity contribution in [3.63, 3.8) is 0 Å². The van der Waals surface area contributed by atoms with Crippen LogP contribution in [0.1, 0.15) is 34.0 Å². The molecule has 0 radical (unpaired) electrons. The summed E-state index contributed by atoms with van der Waals surface area (Å²) in [6, 6.07) is 15.0. The second-order valence-corrected chi connectivity index (χ2v) is 7.89. The first-order chi connectivity index (χ1) is 17.2. The zero-order valence-electron chi connectivity index (χ0n) is 20.5. The number of amides is 2. The summed E-state index contributed by atoms with van der Waals surface area (Å²) in [4.78, 5) is 36.3. The Morgan fingerprint density at radius 3 is 2.33 bits per heavy atom. The summed E-state index contributed by atoms with van der Waals surface area (Å²) in [6.45, 7) is 5.49. The van der Waals surface area contributed by atoms with Crippen LogP contribution in [0, 0.1) is 13.8 Å². The van der Waals surface area contributed by atoms with E-state index in [9.17, 15) is 19.5 Å². The standard InChI is InChI=1S/C27H28N2O7/c1-5-35-27(33)26(32)29-19-12-16(2)24(17(3)13-19)36-20-10-11-22(30)21(14-20)25(31)28-15-18-8-6-7-9-23(18)34-4/h6-14,30H,5,15H2,1-4H3,(H,28,31)(H,29,32). The lowest BCUT2D eigenvalue weighted by molar-refractivity contribution is -0.152. The van der Waals surface area contributed by atoms with Gasteiger partial charge in [-0.05, 0) is 68.3 Å². The number of ether oxygens (including phenoxy) is 3. The minimum atomic E-state index is -0.964. The molecule has 0 aliphatic heterocycles. The number of phenolic OH excluding ortho intramolecular Hbond substituents is 1. The molecule has 9 nitrogen and oxygen atoms in total. The average Bonchev–Trinajstić information content (AvgIpc) is 2.86. The molecule has 36 heavy (non-hydrogen) atoms. The van der Waals surface area contributed by atoms with Gasteiger partial charge in [0.05, 0.1) is 19.3 Å². The van der Waals surface area contributed by atoms with Crippen molar-refractivity contribution in [3.05, 3.63) is 76.9 Å². The van der Waals surface area contributed by atoms with E-state index in [2.05, 4.69) is 10.6 Å². The first-order valence-corrected chi connectivity index (χ1v) is 11.2. The van der Waals surface area contributed by atoms with Gasteiger partial charge in [0.1, 0.15) is 23.0 Å². The Balaban J connectivity index is 1.75. The normalized spacial score (nSPS) is 10.3. The van der Waals surface area contributed by atoms with Crippen LogP contribution >= 0.6 is 0 Å². The molecule has 0 atom stereocenters. The van der Waals surface area contributed by atoms with Crippen LogP contribution in [0.25, 0.3) is 0 Å². The first-order valence-electron chi connectivity index (χ1n) is 11.2. The molecular formula is C27H28N2O7. The van der Waals surface area contributed by atoms with Gasteiger partial charge in [0, 0.05) is 17.8 Å². The molecule has 0 saturated heterocycles. The van der Waals surface area contributed by atoms with E-state index in [0.29, 0.717) is 34.1 Å². The fraction of sp³-hybridized carbons (Fsp3) is 0.222. The zero-order chi connectivity index (χ0) is 26.2. The van der Waals surface area contributed by atoms with Gasteiger partial charge in [-0.2, -0.15) is 0 Å². The van der Waals surface area contributed by atoms with Gasteiger partial charge in [0.25, 0.3) is 5.91 Å². The molecule has 0 aromatic heterocycles. The number of hydrogen-bond acceptors (Lipinski definition) is 7. The van der Waals surface area contributed by atoms with E-state index in [1.807, 2.05) is 18.2 Å². The highest BCUT2D eigenvalue weighted by Crippen LogP contribution is 2.33. The summed E-state index contributed by atoms with van der Waals surface area (Å²) < 4.78 is 16.0. The third kappa shape index (κ3) is 6.32. The van der Waals surface area contributed by atoms with Gasteiger partial charge in [0.15, 0.2) is 0 Å². The summed E-state index contributed by atoms with van der Waals surface area (Å²) >= 11 is 0. The van der Waals surface area contributed by atoms with E-state index in [4.69, 9.17) is 14.2 Å². The molecule has 188 valence electrons. The maximum absolute atomic E-state index is 12.8. The highest BCUT2D eigenvalue weighted by atomic mass is 16.5. The predicted molar refractivity (Wildman–Crippen MR) is 134 cm³/mol. The molecule has 0 unspecified atom stereocenters. The molecule has 3 aromatic rings. The minimum Gasteiger partial charge on any atom is -0.507 e. The Morgan fingerprint density at radius 1 is 0.972 bits per heavy atom. The van der Waals surface area contributed by atoms with Crippen LogP contribution in [0.15, 0.2) is 54.6 Å². The lowest BCUT2D eigenvalue weighted by Gasteiger charge is -2.15. The van der Waals surface area contributed by atoms with Gasteiger partial charge in [0.2, 0.25) is 0 Å². The van der Waals surface area contributed by atoms with Crippen molar-refractivity contribution in [1.29, 1.82) is 0 Å². The second-order valence-electron chi connectivity index (χ2n) is 7.89. The zero-order valence-corrected chi connectivity index (χ0v) is 20.5. The van der Waals surface area contributed by atoms with Crippen LogP contribution in [-0.4, -0.2) is 36.6 Å². The SMILES string of the molecule is CCOC(=O)C(=O)Nc1cc(C)c(Oc2ccc(O)c(C(=O)NCc3ccccc3OC)c2)c(C)c1. The Bertz CT molecular complexity index is 1260. The molecule has 0 heterocycles. The number of methoxy groups -OCH3 is 1. The predicted octanol–water partition coefficient (Wildman–Crippen LogP) is 4.24. The van der Waals surface area contributed by atoms with E-state index >= 15 is 0 Å². The number of nitrogens with one attached hydrogen (secondary N) is 2. The first kappa shape index (κ1) is 26.1. The fourth-order valence-electron chi connectivity index (χ4n) is 3.56. The van der Waals surface area contributed by atoms with Crippen molar-refractivity contribution in [1.82, 2.24) is 5.32 Å². The third-order valence-electron chi connectivity index (χ3n) is 5.24. The topological polar surface area (TPSA) is 123 Å². The number of carbonyl (C=O) groups excluding carboxylic acids is 3. The van der Waals surface area contributed by atoms with E-state index in [-0.39, 0.29) is 24.5 Å². The maximum Gasteiger partial charge on any atom is 0.397 e. The largest absolute Gasteiger partial charge is 0.507 e. The Hall–Kier alpha value is -4.53. The van der Waals surface area contributed by atoms with E-state index in [1.165, 1.54) is 12.1 Å². The lowest BCUT2D eigenvalue weighted by Crippen LogP contribution is -2.25. The molecule has 0 fully saturated rings. The number of aryl methyl sites for hydroxylation is 2. The number of carbonyl (C=O) groups is 3. The summed E-state index contributed by atoms with van der Waals surface area (Å²) in [5.74, 6) is -1.01. The van der Waals surface area contributed by atoms with E-state index in [1.54, 1.807) is 52.1 Å². The molecule has 0 bridgehead atoms. The Kier molecular flexibility index (Phi) is 8.51. The van der Waals surface area contributed by atoms with Crippen LogP contribution in [0.4, 0.5) is 5.69 Å². The number of benzene rings is 3. The van der Waals surface area contributed by atoms with E-state index in [0.717, 1.165) is 5.56 Å². The van der Waals surface area contributed by atoms with Crippen molar-refractivity contribution in [2.45, 2.75) is 27.3 Å². The number of aromatic hydroxyl groups is 1. The highest BCUT2D eigenvalue weighted by Gasteiger charge is 2.18. The lowest BCUT2D eigenvalue weighted by atomic mass is 10.1. The monoisotopic (exact) mass is 492 g/mol. The van der Waals surface area contributed by atoms with Gasteiger partial charge >= 0.3 is 11.9 Å². The highest BCUT2D eigenvalue weighted by molar-refractivity contribution is 6.37. The Morgan fingerprint density at radius 2 is 1.67 bits per heavy atom. The third-order valence-corrected chi connectivity index (χ3v) is 5.24. The number of phenols is 1. The fourth-order valence-corrected chi connectivity index (χ4v) is 3.56. The molecule has 9 heteroatoms. The average molecular weight is 493 g/mol. The molecule has 3 N–H and O–H groups in total. The van der Waals surface area contributed by atoms with Crippen molar-refractivity contribution >= 4 is 23.5 Å². The van der Waals surface area contributed by atoms with Crippen molar-refractivity contribution < 1.29 is 33.7 Å². The summed E-state index contributed by atoms with van der Waals surface area (Å²) in [5, 5.41) is 15.5. The summed E-state index contributed by atoms with van der Waals surface area (Å²) in [5.41, 5.74) is 2.63. The molecule has 0 spiro atoms. The van der Waals surface area contributed by atoms with Crippen LogP contribution in [0.3, 0.4) is 0 Å². The van der Waals surface area contributed by atoms with Gasteiger partial charge in [-0.3, -0.25) is 9.59 Å². The quantitative estimate of drug-likeness (QED) is 0.317. The van der Waals surface area contributed by atoms with Crippen molar-refractivity contribution in [3.8, 4) is 23.0 Å². The smallest absolute Gasteiger partial charge is 0.397 e. The number of rotatable bonds is 8. The molecule has 0 saturated carbocycles. The number of esters is 1. The van der Waals surface area contributed by atoms with Crippen molar-refractivity contribution in [2.75, 3.05) is 19.0 Å². The van der Waals surface area contributed by atoms with Crippen molar-refractivity contribution in [2.24, 2.45) is 0 Å². The number of hydrogen-bond donors (Lipinski definition) is 3. The molecule has 0 aliphatic rings. The van der Waals surface area contributed by atoms with Gasteiger partial charge < -0.3 is 30.0 Å². The van der Waals surface area contributed by atoms with Crippen LogP contribution in [0.2, 0.25) is 0 Å². The maximum atomic E-state index is 12.8. The molecule has 0 aliphatic carbocycles. The minimum absolute atomic E-state index is 0.0519. The molecule has 3 rings (SSSR count). The second kappa shape index (κ2) is 11.7. The Labute approximate surface area is 209 Å². The summed E-state index contributed by atoms with van der Waals surface area (Å²) in [6.07, 6.45) is 0. The van der Waals surface area contributed by atoms with Gasteiger partial charge in [-0.1, -0.05) is 18.2 Å². The van der Waals surface area contributed by atoms with Crippen LogP contribution < -0.4 is 20.1 Å². The van der Waals surface area contributed by atoms with E-state index < -0.39 is 17.8 Å². The number of anilines is 1. The summed E-state index contributed by atoms with van der Waals surface area (Å²) in [7, 11) is 1.55. The molecule has 3 aromatic carbocycles. The van der Waals surface area contributed by atoms with Crippen LogP contribution in [-0.2, 0) is 20.9 Å².